The van der Waals surface area contributed by atoms with Gasteiger partial charge in [0.2, 0.25) is 0 Å². The molecule has 6 heteroatoms. The van der Waals surface area contributed by atoms with Gasteiger partial charge in [-0.1, -0.05) is 36.2 Å². The third-order valence-corrected chi connectivity index (χ3v) is 8.58. The molecule has 0 radical (unpaired) electrons. The first-order valence-corrected chi connectivity index (χ1v) is 13.6. The maximum Gasteiger partial charge on any atom is 0.337 e. The first-order chi connectivity index (χ1) is 17.4. The summed E-state index contributed by atoms with van der Waals surface area (Å²) in [6.45, 7) is 14.6. The molecule has 2 aliphatic heterocycles. The number of rotatable bonds is 4. The lowest BCUT2D eigenvalue weighted by atomic mass is 9.83. The summed E-state index contributed by atoms with van der Waals surface area (Å²) in [5, 5.41) is 10.3. The Kier molecular flexibility index (Phi) is 6.59. The van der Waals surface area contributed by atoms with Crippen molar-refractivity contribution in [2.45, 2.75) is 85.6 Å². The summed E-state index contributed by atoms with van der Waals surface area (Å²) in [6.07, 6.45) is 2.65. The van der Waals surface area contributed by atoms with Crippen molar-refractivity contribution >= 4 is 12.0 Å². The molecule has 198 valence electrons. The molecule has 1 aliphatic carbocycles. The standard InChI is InChI=1S/C31H40N2O4/c1-18-10-12-21(13-11-18)26-19(2)24-16-33(30(36)32-14-22-8-7-9-23(22)15-32)17-25(24)20(3)27(26)28(29(34)35)37-31(4,5)6/h10-13,22-23,28H,7-9,14-17H2,1-6H3,(H,34,35)/t22?,23?,28-/m0/s1. The maximum atomic E-state index is 13.6. The minimum atomic E-state index is -1.11. The van der Waals surface area contributed by atoms with Crippen LogP contribution in [-0.2, 0) is 22.6 Å². The Bertz CT molecular complexity index is 1220. The summed E-state index contributed by atoms with van der Waals surface area (Å²) in [4.78, 5) is 30.2. The van der Waals surface area contributed by atoms with Crippen molar-refractivity contribution in [3.05, 3.63) is 57.6 Å². The first-order valence-electron chi connectivity index (χ1n) is 13.6. The van der Waals surface area contributed by atoms with Crippen LogP contribution in [0.5, 0.6) is 0 Å². The highest BCUT2D eigenvalue weighted by atomic mass is 16.5. The fraction of sp³-hybridized carbons (Fsp3) is 0.548. The molecule has 2 aromatic carbocycles. The van der Waals surface area contributed by atoms with Gasteiger partial charge in [-0.15, -0.1) is 0 Å². The average molecular weight is 505 g/mol. The van der Waals surface area contributed by atoms with E-state index in [0.29, 0.717) is 30.5 Å². The molecule has 3 aliphatic rings. The molecule has 1 N–H and O–H groups in total. The molecule has 2 heterocycles. The number of aryl methyl sites for hydroxylation is 1. The SMILES string of the molecule is Cc1ccc(-c2c(C)c3c(c(C)c2[C@H](OC(C)(C)C)C(=O)O)CN(C(=O)N2CC4CCCC4C2)C3)cc1. The van der Waals surface area contributed by atoms with Gasteiger partial charge in [0.05, 0.1) is 5.60 Å². The second-order valence-corrected chi connectivity index (χ2v) is 12.3. The summed E-state index contributed by atoms with van der Waals surface area (Å²) in [5.41, 5.74) is 7.27. The number of hydrogen-bond acceptors (Lipinski definition) is 3. The van der Waals surface area contributed by atoms with Crippen LogP contribution in [0.2, 0.25) is 0 Å². The Labute approximate surface area is 220 Å². The van der Waals surface area contributed by atoms with Crippen LogP contribution in [-0.4, -0.2) is 45.6 Å². The van der Waals surface area contributed by atoms with E-state index in [1.165, 1.54) is 19.3 Å². The Hall–Kier alpha value is -2.86. The molecule has 2 unspecified atom stereocenters. The van der Waals surface area contributed by atoms with Gasteiger partial charge in [-0.2, -0.15) is 0 Å². The number of urea groups is 1. The van der Waals surface area contributed by atoms with Crippen molar-refractivity contribution in [1.29, 1.82) is 0 Å². The van der Waals surface area contributed by atoms with E-state index >= 15 is 0 Å². The van der Waals surface area contributed by atoms with Crippen LogP contribution in [0.25, 0.3) is 11.1 Å². The molecule has 1 saturated carbocycles. The number of amides is 2. The van der Waals surface area contributed by atoms with Gasteiger partial charge in [-0.05, 0) is 99.6 Å². The Morgan fingerprint density at radius 2 is 1.49 bits per heavy atom. The van der Waals surface area contributed by atoms with Crippen molar-refractivity contribution in [3.8, 4) is 11.1 Å². The number of carbonyl (C=O) groups excluding carboxylic acids is 1. The van der Waals surface area contributed by atoms with Gasteiger partial charge in [0.1, 0.15) is 0 Å². The van der Waals surface area contributed by atoms with E-state index in [9.17, 15) is 14.7 Å². The summed E-state index contributed by atoms with van der Waals surface area (Å²) < 4.78 is 6.18. The van der Waals surface area contributed by atoms with Gasteiger partial charge in [0.15, 0.2) is 6.10 Å². The fourth-order valence-electron chi connectivity index (χ4n) is 6.75. The predicted molar refractivity (Wildman–Crippen MR) is 144 cm³/mol. The number of benzene rings is 2. The number of ether oxygens (including phenoxy) is 1. The molecule has 0 aromatic heterocycles. The lowest BCUT2D eigenvalue weighted by Gasteiger charge is -2.29. The average Bonchev–Trinajstić information content (AvgIpc) is 3.54. The molecule has 0 bridgehead atoms. The molecule has 1 saturated heterocycles. The molecule has 5 rings (SSSR count). The summed E-state index contributed by atoms with van der Waals surface area (Å²) in [6, 6.07) is 8.35. The van der Waals surface area contributed by atoms with Crippen molar-refractivity contribution < 1.29 is 19.4 Å². The van der Waals surface area contributed by atoms with Crippen LogP contribution in [0.3, 0.4) is 0 Å². The van der Waals surface area contributed by atoms with Crippen LogP contribution in [0.4, 0.5) is 4.79 Å². The number of hydrogen-bond donors (Lipinski definition) is 1. The van der Waals surface area contributed by atoms with Gasteiger partial charge in [-0.3, -0.25) is 0 Å². The second-order valence-electron chi connectivity index (χ2n) is 12.3. The van der Waals surface area contributed by atoms with E-state index in [4.69, 9.17) is 4.74 Å². The third kappa shape index (κ3) is 4.76. The highest BCUT2D eigenvalue weighted by molar-refractivity contribution is 5.85. The number of aliphatic carboxylic acids is 1. The normalized spacial score (nSPS) is 21.8. The van der Waals surface area contributed by atoms with Crippen LogP contribution >= 0.6 is 0 Å². The zero-order valence-electron chi connectivity index (χ0n) is 23.1. The lowest BCUT2D eigenvalue weighted by molar-refractivity contribution is -0.160. The molecule has 2 aromatic rings. The highest BCUT2D eigenvalue weighted by Gasteiger charge is 2.41. The number of carbonyl (C=O) groups is 2. The van der Waals surface area contributed by atoms with E-state index in [0.717, 1.165) is 52.0 Å². The topological polar surface area (TPSA) is 70.1 Å². The van der Waals surface area contributed by atoms with E-state index < -0.39 is 17.7 Å². The monoisotopic (exact) mass is 504 g/mol. The van der Waals surface area contributed by atoms with Gasteiger partial charge in [0, 0.05) is 31.7 Å². The van der Waals surface area contributed by atoms with Crippen LogP contribution < -0.4 is 0 Å². The Morgan fingerprint density at radius 1 is 0.919 bits per heavy atom. The minimum absolute atomic E-state index is 0.114. The van der Waals surface area contributed by atoms with E-state index in [2.05, 4.69) is 36.1 Å². The number of carboxylic acid groups (broad SMARTS) is 1. The molecular formula is C31H40N2O4. The van der Waals surface area contributed by atoms with Crippen molar-refractivity contribution in [2.75, 3.05) is 13.1 Å². The molecule has 6 nitrogen and oxygen atoms in total. The largest absolute Gasteiger partial charge is 0.479 e. The highest BCUT2D eigenvalue weighted by Crippen LogP contribution is 2.44. The number of likely N-dealkylation sites (tertiary alicyclic amines) is 1. The predicted octanol–water partition coefficient (Wildman–Crippen LogP) is 6.39. The molecule has 0 spiro atoms. The smallest absolute Gasteiger partial charge is 0.337 e. The van der Waals surface area contributed by atoms with Crippen molar-refractivity contribution in [3.63, 3.8) is 0 Å². The molecule has 2 amide bonds. The van der Waals surface area contributed by atoms with Crippen LogP contribution in [0, 0.1) is 32.6 Å². The zero-order valence-corrected chi connectivity index (χ0v) is 23.1. The Balaban J connectivity index is 1.57. The van der Waals surface area contributed by atoms with E-state index in [1.807, 2.05) is 39.5 Å². The molecular weight excluding hydrogens is 464 g/mol. The van der Waals surface area contributed by atoms with E-state index in [1.54, 1.807) is 0 Å². The van der Waals surface area contributed by atoms with Gasteiger partial charge < -0.3 is 19.6 Å². The zero-order chi connectivity index (χ0) is 26.6. The maximum absolute atomic E-state index is 13.6. The van der Waals surface area contributed by atoms with Gasteiger partial charge >= 0.3 is 12.0 Å². The number of nitrogens with zero attached hydrogens (tertiary/aromatic N) is 2. The number of carboxylic acids is 1. The fourth-order valence-corrected chi connectivity index (χ4v) is 6.75. The van der Waals surface area contributed by atoms with Crippen LogP contribution in [0.1, 0.15) is 79.5 Å². The van der Waals surface area contributed by atoms with E-state index in [-0.39, 0.29) is 6.03 Å². The minimum Gasteiger partial charge on any atom is -0.479 e. The summed E-state index contributed by atoms with van der Waals surface area (Å²) in [5.74, 6) is 0.311. The second kappa shape index (κ2) is 9.46. The van der Waals surface area contributed by atoms with Gasteiger partial charge in [0.25, 0.3) is 0 Å². The third-order valence-electron chi connectivity index (χ3n) is 8.58. The number of fused-ring (bicyclic) bond motifs is 2. The van der Waals surface area contributed by atoms with Gasteiger partial charge in [-0.25, -0.2) is 9.59 Å². The molecule has 37 heavy (non-hydrogen) atoms. The molecule has 3 atom stereocenters. The lowest BCUT2D eigenvalue weighted by Crippen LogP contribution is -2.39. The quantitative estimate of drug-likeness (QED) is 0.524. The first kappa shape index (κ1) is 25.8. The van der Waals surface area contributed by atoms with Crippen molar-refractivity contribution in [1.82, 2.24) is 9.80 Å². The van der Waals surface area contributed by atoms with Crippen molar-refractivity contribution in [2.24, 2.45) is 11.8 Å². The summed E-state index contributed by atoms with van der Waals surface area (Å²) in [7, 11) is 0. The van der Waals surface area contributed by atoms with Crippen LogP contribution in [0.15, 0.2) is 24.3 Å². The Morgan fingerprint density at radius 3 is 2.03 bits per heavy atom. The molecule has 2 fully saturated rings. The summed E-state index contributed by atoms with van der Waals surface area (Å²) >= 11 is 0.